The minimum atomic E-state index is -0.566. The van der Waals surface area contributed by atoms with Gasteiger partial charge in [0.2, 0.25) is 0 Å². The molecule has 0 aromatic rings. The van der Waals surface area contributed by atoms with Gasteiger partial charge in [-0.3, -0.25) is 4.79 Å². The molecule has 0 spiro atoms. The van der Waals surface area contributed by atoms with E-state index in [0.29, 0.717) is 18.6 Å². The highest BCUT2D eigenvalue weighted by atomic mass is 16.5. The number of allylic oxidation sites excluding steroid dienone is 1. The number of esters is 2. The van der Waals surface area contributed by atoms with E-state index in [2.05, 4.69) is 0 Å². The van der Waals surface area contributed by atoms with E-state index >= 15 is 0 Å². The molecule has 0 heterocycles. The lowest BCUT2D eigenvalue weighted by atomic mass is 9.97. The first kappa shape index (κ1) is 17.7. The van der Waals surface area contributed by atoms with Crippen molar-refractivity contribution in [2.75, 3.05) is 13.2 Å². The van der Waals surface area contributed by atoms with Crippen molar-refractivity contribution < 1.29 is 19.1 Å². The molecule has 0 aromatic heterocycles. The van der Waals surface area contributed by atoms with Gasteiger partial charge in [-0.2, -0.15) is 0 Å². The molecule has 0 N–H and O–H groups in total. The number of hydrogen-bond acceptors (Lipinski definition) is 4. The maximum Gasteiger partial charge on any atom is 0.337 e. The van der Waals surface area contributed by atoms with Crippen LogP contribution < -0.4 is 0 Å². The summed E-state index contributed by atoms with van der Waals surface area (Å²) >= 11 is 0. The molecule has 110 valence electrons. The molecule has 0 aliphatic carbocycles. The molecule has 0 unspecified atom stereocenters. The summed E-state index contributed by atoms with van der Waals surface area (Å²) in [7, 11) is 0. The molecular weight excluding hydrogens is 244 g/mol. The Morgan fingerprint density at radius 3 is 2.21 bits per heavy atom. The standard InChI is InChI=1S/C15H26O4/c1-6-8-10-18-13(16)12(9-7-2)11-19-14(17)15(3,4)5/h9H,6-8,10-11H2,1-5H3. The summed E-state index contributed by atoms with van der Waals surface area (Å²) in [5, 5.41) is 0. The van der Waals surface area contributed by atoms with Crippen molar-refractivity contribution in [1.29, 1.82) is 0 Å². The van der Waals surface area contributed by atoms with Crippen molar-refractivity contribution >= 4 is 11.9 Å². The van der Waals surface area contributed by atoms with E-state index in [1.807, 2.05) is 13.8 Å². The largest absolute Gasteiger partial charge is 0.462 e. The Kier molecular flexibility index (Phi) is 8.12. The lowest BCUT2D eigenvalue weighted by molar-refractivity contribution is -0.152. The zero-order chi connectivity index (χ0) is 14.9. The Morgan fingerprint density at radius 2 is 1.74 bits per heavy atom. The molecule has 0 amide bonds. The van der Waals surface area contributed by atoms with Crippen LogP contribution in [0, 0.1) is 5.41 Å². The van der Waals surface area contributed by atoms with E-state index in [1.54, 1.807) is 26.8 Å². The Labute approximate surface area is 116 Å². The van der Waals surface area contributed by atoms with E-state index in [9.17, 15) is 9.59 Å². The van der Waals surface area contributed by atoms with Crippen LogP contribution in [0.25, 0.3) is 0 Å². The number of carbonyl (C=O) groups is 2. The Balaban J connectivity index is 4.39. The minimum absolute atomic E-state index is 0.0189. The van der Waals surface area contributed by atoms with Crippen molar-refractivity contribution in [3.05, 3.63) is 11.6 Å². The van der Waals surface area contributed by atoms with Crippen molar-refractivity contribution in [3.63, 3.8) is 0 Å². The van der Waals surface area contributed by atoms with Crippen LogP contribution in [0.15, 0.2) is 11.6 Å². The van der Waals surface area contributed by atoms with Crippen LogP contribution in [0.5, 0.6) is 0 Å². The van der Waals surface area contributed by atoms with Gasteiger partial charge >= 0.3 is 11.9 Å². The fourth-order valence-corrected chi connectivity index (χ4v) is 1.21. The zero-order valence-electron chi connectivity index (χ0n) is 12.7. The molecular formula is C15H26O4. The van der Waals surface area contributed by atoms with E-state index in [4.69, 9.17) is 9.47 Å². The van der Waals surface area contributed by atoms with E-state index in [0.717, 1.165) is 12.8 Å². The van der Waals surface area contributed by atoms with Crippen LogP contribution in [-0.2, 0) is 19.1 Å². The van der Waals surface area contributed by atoms with Gasteiger partial charge in [0, 0.05) is 0 Å². The van der Waals surface area contributed by atoms with E-state index < -0.39 is 11.4 Å². The van der Waals surface area contributed by atoms with Crippen LogP contribution in [0.4, 0.5) is 0 Å². The van der Waals surface area contributed by atoms with Crippen LogP contribution >= 0.6 is 0 Å². The summed E-state index contributed by atoms with van der Waals surface area (Å²) in [5.74, 6) is -0.715. The normalized spacial score (nSPS) is 12.2. The summed E-state index contributed by atoms with van der Waals surface area (Å²) in [6.45, 7) is 9.67. The minimum Gasteiger partial charge on any atom is -0.462 e. The second-order valence-electron chi connectivity index (χ2n) is 5.45. The summed E-state index contributed by atoms with van der Waals surface area (Å²) in [5.41, 5.74) is -0.153. The molecule has 0 aliphatic rings. The van der Waals surface area contributed by atoms with Gasteiger partial charge in [0.05, 0.1) is 17.6 Å². The van der Waals surface area contributed by atoms with Gasteiger partial charge < -0.3 is 9.47 Å². The highest BCUT2D eigenvalue weighted by molar-refractivity contribution is 5.89. The third kappa shape index (κ3) is 7.65. The molecule has 0 atom stereocenters. The average Bonchev–Trinajstić information content (AvgIpc) is 2.32. The van der Waals surface area contributed by atoms with Crippen LogP contribution in [0.1, 0.15) is 53.9 Å². The topological polar surface area (TPSA) is 52.6 Å². The molecule has 0 saturated carbocycles. The van der Waals surface area contributed by atoms with Crippen molar-refractivity contribution in [2.24, 2.45) is 5.41 Å². The summed E-state index contributed by atoms with van der Waals surface area (Å²) in [4.78, 5) is 23.4. The highest BCUT2D eigenvalue weighted by Gasteiger charge is 2.24. The monoisotopic (exact) mass is 270 g/mol. The van der Waals surface area contributed by atoms with Gasteiger partial charge in [-0.05, 0) is 33.6 Å². The third-order valence-corrected chi connectivity index (χ3v) is 2.41. The smallest absolute Gasteiger partial charge is 0.337 e. The van der Waals surface area contributed by atoms with Gasteiger partial charge in [0.1, 0.15) is 6.61 Å². The van der Waals surface area contributed by atoms with Crippen LogP contribution in [0.2, 0.25) is 0 Å². The molecule has 19 heavy (non-hydrogen) atoms. The molecule has 0 aliphatic heterocycles. The van der Waals surface area contributed by atoms with Gasteiger partial charge in [-0.15, -0.1) is 0 Å². The Morgan fingerprint density at radius 1 is 1.11 bits per heavy atom. The molecule has 4 nitrogen and oxygen atoms in total. The molecule has 0 aromatic carbocycles. The van der Waals surface area contributed by atoms with E-state index in [1.165, 1.54) is 0 Å². The number of carbonyl (C=O) groups excluding carboxylic acids is 2. The molecule has 0 radical (unpaired) electrons. The van der Waals surface area contributed by atoms with Gasteiger partial charge in [-0.1, -0.05) is 26.3 Å². The zero-order valence-corrected chi connectivity index (χ0v) is 12.7. The van der Waals surface area contributed by atoms with Crippen molar-refractivity contribution in [2.45, 2.75) is 53.9 Å². The van der Waals surface area contributed by atoms with Gasteiger partial charge in [0.25, 0.3) is 0 Å². The molecule has 0 rings (SSSR count). The maximum atomic E-state index is 11.8. The number of rotatable bonds is 7. The second kappa shape index (κ2) is 8.73. The SMILES string of the molecule is CCC=C(COC(=O)C(C)(C)C)C(=O)OCCCC. The number of unbranched alkanes of at least 4 members (excludes halogenated alkanes) is 1. The van der Waals surface area contributed by atoms with Gasteiger partial charge in [0.15, 0.2) is 0 Å². The quantitative estimate of drug-likeness (QED) is 0.405. The Hall–Kier alpha value is -1.32. The summed E-state index contributed by atoms with van der Waals surface area (Å²) < 4.78 is 10.3. The Bertz CT molecular complexity index is 324. The van der Waals surface area contributed by atoms with Gasteiger partial charge in [-0.25, -0.2) is 4.79 Å². The molecule has 0 saturated heterocycles. The van der Waals surface area contributed by atoms with Crippen molar-refractivity contribution in [1.82, 2.24) is 0 Å². The van der Waals surface area contributed by atoms with Crippen molar-refractivity contribution in [3.8, 4) is 0 Å². The fourth-order valence-electron chi connectivity index (χ4n) is 1.21. The summed E-state index contributed by atoms with van der Waals surface area (Å²) in [6, 6.07) is 0. The summed E-state index contributed by atoms with van der Waals surface area (Å²) in [6.07, 6.45) is 4.25. The number of ether oxygens (including phenoxy) is 2. The highest BCUT2D eigenvalue weighted by Crippen LogP contribution is 2.16. The second-order valence-corrected chi connectivity index (χ2v) is 5.45. The third-order valence-electron chi connectivity index (χ3n) is 2.41. The lowest BCUT2D eigenvalue weighted by Crippen LogP contribution is -2.25. The maximum absolute atomic E-state index is 11.8. The average molecular weight is 270 g/mol. The first-order valence-corrected chi connectivity index (χ1v) is 6.86. The predicted octanol–water partition coefficient (Wildman–Crippen LogP) is 3.26. The number of hydrogen-bond donors (Lipinski definition) is 0. The fraction of sp³-hybridized carbons (Fsp3) is 0.733. The first-order valence-electron chi connectivity index (χ1n) is 6.86. The van der Waals surface area contributed by atoms with Crippen LogP contribution in [0.3, 0.4) is 0 Å². The predicted molar refractivity (Wildman–Crippen MR) is 74.7 cm³/mol. The molecule has 0 fully saturated rings. The first-order chi connectivity index (χ1) is 8.82. The lowest BCUT2D eigenvalue weighted by Gasteiger charge is -2.17. The molecule has 4 heteroatoms. The molecule has 0 bridgehead atoms. The van der Waals surface area contributed by atoms with E-state index in [-0.39, 0.29) is 12.6 Å². The van der Waals surface area contributed by atoms with Crippen LogP contribution in [-0.4, -0.2) is 25.2 Å².